The van der Waals surface area contributed by atoms with Gasteiger partial charge in [-0.2, -0.15) is 0 Å². The lowest BCUT2D eigenvalue weighted by Gasteiger charge is -2.29. The van der Waals surface area contributed by atoms with E-state index in [-0.39, 0.29) is 23.7 Å². The summed E-state index contributed by atoms with van der Waals surface area (Å²) < 4.78 is 0. The van der Waals surface area contributed by atoms with Crippen LogP contribution in [0.3, 0.4) is 0 Å². The van der Waals surface area contributed by atoms with Crippen LogP contribution in [-0.2, 0) is 9.59 Å². The summed E-state index contributed by atoms with van der Waals surface area (Å²) in [6.45, 7) is 0. The molecule has 3 rings (SSSR count). The fourth-order valence-corrected chi connectivity index (χ4v) is 3.11. The Bertz CT molecular complexity index is 455. The first-order chi connectivity index (χ1) is 8.25. The van der Waals surface area contributed by atoms with Gasteiger partial charge in [0.2, 0.25) is 11.8 Å². The third-order valence-electron chi connectivity index (χ3n) is 4.04. The summed E-state index contributed by atoms with van der Waals surface area (Å²) in [5.41, 5.74) is 1.29. The van der Waals surface area contributed by atoms with Crippen LogP contribution in [0.5, 0.6) is 0 Å². The zero-order chi connectivity index (χ0) is 11.8. The molecule has 88 valence electrons. The second-order valence-corrected chi connectivity index (χ2v) is 4.99. The van der Waals surface area contributed by atoms with Gasteiger partial charge in [-0.1, -0.05) is 30.3 Å². The van der Waals surface area contributed by atoms with E-state index < -0.39 is 0 Å². The number of fused-ring (bicyclic) bond motifs is 1. The van der Waals surface area contributed by atoms with Gasteiger partial charge >= 0.3 is 0 Å². The van der Waals surface area contributed by atoms with Crippen molar-refractivity contribution < 1.29 is 9.59 Å². The topological polar surface area (TPSA) is 46.2 Å². The highest BCUT2D eigenvalue weighted by molar-refractivity contribution is 6.05. The van der Waals surface area contributed by atoms with E-state index in [0.717, 1.165) is 19.3 Å². The Morgan fingerprint density at radius 2 is 1.65 bits per heavy atom. The highest BCUT2D eigenvalue weighted by Gasteiger charge is 2.45. The number of amides is 2. The van der Waals surface area contributed by atoms with Crippen LogP contribution in [-0.4, -0.2) is 11.8 Å². The van der Waals surface area contributed by atoms with Crippen LogP contribution < -0.4 is 5.32 Å². The lowest BCUT2D eigenvalue weighted by molar-refractivity contribution is -0.126. The lowest BCUT2D eigenvalue weighted by Crippen LogP contribution is -2.26. The van der Waals surface area contributed by atoms with Gasteiger partial charge in [-0.25, -0.2) is 0 Å². The number of nitrogens with one attached hydrogen (secondary N) is 1. The molecule has 3 heteroatoms. The summed E-state index contributed by atoms with van der Waals surface area (Å²) in [7, 11) is 0. The van der Waals surface area contributed by atoms with Crippen LogP contribution >= 0.6 is 0 Å². The van der Waals surface area contributed by atoms with Crippen molar-refractivity contribution in [1.29, 1.82) is 0 Å². The summed E-state index contributed by atoms with van der Waals surface area (Å²) in [6, 6.07) is 10.3. The van der Waals surface area contributed by atoms with Crippen LogP contribution in [0, 0.1) is 11.8 Å². The van der Waals surface area contributed by atoms with Gasteiger partial charge in [0.25, 0.3) is 0 Å². The maximum atomic E-state index is 11.7. The summed E-state index contributed by atoms with van der Waals surface area (Å²) in [5.74, 6) is 0.130. The minimum Gasteiger partial charge on any atom is -0.296 e. The molecule has 0 spiro atoms. The van der Waals surface area contributed by atoms with Crippen molar-refractivity contribution >= 4 is 11.8 Å². The molecular weight excluding hydrogens is 214 g/mol. The second-order valence-electron chi connectivity index (χ2n) is 4.99. The van der Waals surface area contributed by atoms with E-state index in [2.05, 4.69) is 17.4 Å². The molecule has 17 heavy (non-hydrogen) atoms. The first-order valence-electron chi connectivity index (χ1n) is 6.15. The predicted octanol–water partition coefficient (Wildman–Crippen LogP) is 1.84. The molecule has 1 aliphatic carbocycles. The smallest absolute Gasteiger partial charge is 0.230 e. The number of imide groups is 1. The molecule has 1 aliphatic heterocycles. The highest BCUT2D eigenvalue weighted by atomic mass is 16.2. The average Bonchev–Trinajstić information content (AvgIpc) is 2.66. The molecule has 1 N–H and O–H groups in total. The van der Waals surface area contributed by atoms with Gasteiger partial charge in [0.05, 0.1) is 11.8 Å². The third-order valence-corrected chi connectivity index (χ3v) is 4.04. The summed E-state index contributed by atoms with van der Waals surface area (Å²) >= 11 is 0. The fourth-order valence-electron chi connectivity index (χ4n) is 3.11. The van der Waals surface area contributed by atoms with Gasteiger partial charge in [0.1, 0.15) is 0 Å². The lowest BCUT2D eigenvalue weighted by atomic mass is 9.73. The molecule has 2 fully saturated rings. The Morgan fingerprint density at radius 3 is 2.41 bits per heavy atom. The third kappa shape index (κ3) is 1.75. The Labute approximate surface area is 100 Å². The molecule has 3 atom stereocenters. The molecule has 0 unspecified atom stereocenters. The Balaban J connectivity index is 1.81. The predicted molar refractivity (Wildman–Crippen MR) is 63.2 cm³/mol. The molecule has 1 saturated carbocycles. The molecule has 2 aliphatic rings. The van der Waals surface area contributed by atoms with Gasteiger partial charge in [0, 0.05) is 0 Å². The van der Waals surface area contributed by atoms with Crippen LogP contribution in [0.1, 0.15) is 30.7 Å². The largest absolute Gasteiger partial charge is 0.296 e. The molecule has 0 aromatic heterocycles. The fraction of sp³-hybridized carbons (Fsp3) is 0.429. The van der Waals surface area contributed by atoms with Gasteiger partial charge in [-0.05, 0) is 30.7 Å². The number of hydrogen-bond donors (Lipinski definition) is 1. The van der Waals surface area contributed by atoms with Crippen molar-refractivity contribution in [3.63, 3.8) is 0 Å². The summed E-state index contributed by atoms with van der Waals surface area (Å²) in [6.07, 6.45) is 2.65. The normalized spacial score (nSPS) is 32.1. The number of benzene rings is 1. The van der Waals surface area contributed by atoms with Crippen LogP contribution in [0.15, 0.2) is 30.3 Å². The SMILES string of the molecule is O=C1NC(=O)[C@@H]2CC[C@@H](c3ccccc3)C[C@H]12. The van der Waals surface area contributed by atoms with Crippen molar-refractivity contribution in [3.05, 3.63) is 35.9 Å². The van der Waals surface area contributed by atoms with E-state index >= 15 is 0 Å². The molecule has 1 saturated heterocycles. The zero-order valence-corrected chi connectivity index (χ0v) is 9.56. The van der Waals surface area contributed by atoms with E-state index in [1.54, 1.807) is 0 Å². The van der Waals surface area contributed by atoms with Crippen LogP contribution in [0.25, 0.3) is 0 Å². The van der Waals surface area contributed by atoms with Gasteiger partial charge in [0.15, 0.2) is 0 Å². The molecule has 0 bridgehead atoms. The maximum absolute atomic E-state index is 11.7. The highest BCUT2D eigenvalue weighted by Crippen LogP contribution is 2.41. The first-order valence-corrected chi connectivity index (χ1v) is 6.15. The van der Waals surface area contributed by atoms with Gasteiger partial charge in [-0.15, -0.1) is 0 Å². The standard InChI is InChI=1S/C14H15NO2/c16-13-11-7-6-10(8-12(11)14(17)15-13)9-4-2-1-3-5-9/h1-5,10-12H,6-8H2,(H,15,16,17)/t10-,11-,12+/m1/s1. The molecule has 3 nitrogen and oxygen atoms in total. The molecule has 0 radical (unpaired) electrons. The van der Waals surface area contributed by atoms with Crippen molar-refractivity contribution in [2.45, 2.75) is 25.2 Å². The summed E-state index contributed by atoms with van der Waals surface area (Å²) in [4.78, 5) is 23.2. The van der Waals surface area contributed by atoms with Crippen molar-refractivity contribution in [2.24, 2.45) is 11.8 Å². The van der Waals surface area contributed by atoms with Crippen LogP contribution in [0.4, 0.5) is 0 Å². The monoisotopic (exact) mass is 229 g/mol. The Kier molecular flexibility index (Phi) is 2.46. The van der Waals surface area contributed by atoms with E-state index in [4.69, 9.17) is 0 Å². The number of carbonyl (C=O) groups is 2. The Morgan fingerprint density at radius 1 is 0.941 bits per heavy atom. The van der Waals surface area contributed by atoms with Crippen molar-refractivity contribution in [3.8, 4) is 0 Å². The Hall–Kier alpha value is -1.64. The maximum Gasteiger partial charge on any atom is 0.230 e. The van der Waals surface area contributed by atoms with E-state index in [0.29, 0.717) is 5.92 Å². The van der Waals surface area contributed by atoms with E-state index in [1.807, 2.05) is 18.2 Å². The van der Waals surface area contributed by atoms with Crippen molar-refractivity contribution in [1.82, 2.24) is 5.32 Å². The van der Waals surface area contributed by atoms with Crippen LogP contribution in [0.2, 0.25) is 0 Å². The molecular formula is C14H15NO2. The molecule has 1 aromatic carbocycles. The summed E-state index contributed by atoms with van der Waals surface area (Å²) in [5, 5.41) is 2.45. The quantitative estimate of drug-likeness (QED) is 0.747. The molecule has 1 heterocycles. The van der Waals surface area contributed by atoms with Gasteiger partial charge < -0.3 is 0 Å². The zero-order valence-electron chi connectivity index (χ0n) is 9.56. The number of rotatable bonds is 1. The number of carbonyl (C=O) groups excluding carboxylic acids is 2. The minimum atomic E-state index is -0.0959. The molecule has 2 amide bonds. The first kappa shape index (κ1) is 10.5. The minimum absolute atomic E-state index is 0.0634. The van der Waals surface area contributed by atoms with E-state index in [9.17, 15) is 9.59 Å². The average molecular weight is 229 g/mol. The van der Waals surface area contributed by atoms with E-state index in [1.165, 1.54) is 5.56 Å². The van der Waals surface area contributed by atoms with Crippen molar-refractivity contribution in [2.75, 3.05) is 0 Å². The number of hydrogen-bond acceptors (Lipinski definition) is 2. The molecule has 1 aromatic rings. The second kappa shape index (κ2) is 3.99. The van der Waals surface area contributed by atoms with Gasteiger partial charge in [-0.3, -0.25) is 14.9 Å².